The summed E-state index contributed by atoms with van der Waals surface area (Å²) in [4.78, 5) is 13.8. The van der Waals surface area contributed by atoms with Crippen LogP contribution in [-0.4, -0.2) is 16.1 Å². The first-order chi connectivity index (χ1) is 7.52. The summed E-state index contributed by atoms with van der Waals surface area (Å²) in [6.45, 7) is 1.68. The van der Waals surface area contributed by atoms with Gasteiger partial charge < -0.3 is 15.8 Å². The van der Waals surface area contributed by atoms with Crippen LogP contribution in [0.4, 0.5) is 4.39 Å². The summed E-state index contributed by atoms with van der Waals surface area (Å²) in [5.41, 5.74) is 6.98. The van der Waals surface area contributed by atoms with Crippen LogP contribution in [0.2, 0.25) is 0 Å². The van der Waals surface area contributed by atoms with Gasteiger partial charge in [-0.15, -0.1) is 0 Å². The van der Waals surface area contributed by atoms with E-state index in [9.17, 15) is 9.18 Å². The maximum atomic E-state index is 13.6. The van der Waals surface area contributed by atoms with Gasteiger partial charge in [-0.25, -0.2) is 4.39 Å². The van der Waals surface area contributed by atoms with E-state index in [0.29, 0.717) is 16.8 Å². The number of halogens is 1. The van der Waals surface area contributed by atoms with Gasteiger partial charge in [0.1, 0.15) is 11.9 Å². The van der Waals surface area contributed by atoms with Crippen molar-refractivity contribution in [2.75, 3.05) is 0 Å². The van der Waals surface area contributed by atoms with E-state index in [1.165, 1.54) is 6.07 Å². The van der Waals surface area contributed by atoms with Crippen molar-refractivity contribution in [3.63, 3.8) is 0 Å². The fourth-order valence-corrected chi connectivity index (χ4v) is 1.87. The molecule has 5 heteroatoms. The largest absolute Gasteiger partial charge is 0.480 e. The standard InChI is InChI=1S/C11H11FN2O2/c1-5-8(10(13)11(15)16)9-6(12)3-2-4-7(9)14-5/h2-4,10,14H,13H2,1H3,(H,15,16). The Morgan fingerprint density at radius 2 is 2.25 bits per heavy atom. The van der Waals surface area contributed by atoms with E-state index >= 15 is 0 Å². The number of aryl methyl sites for hydroxylation is 1. The molecule has 0 spiro atoms. The number of rotatable bonds is 2. The number of hydrogen-bond acceptors (Lipinski definition) is 2. The zero-order valence-electron chi connectivity index (χ0n) is 8.62. The van der Waals surface area contributed by atoms with E-state index in [0.717, 1.165) is 0 Å². The number of aliphatic carboxylic acids is 1. The SMILES string of the molecule is Cc1[nH]c2cccc(F)c2c1C(N)C(=O)O. The highest BCUT2D eigenvalue weighted by Crippen LogP contribution is 2.28. The van der Waals surface area contributed by atoms with Crippen molar-refractivity contribution in [2.45, 2.75) is 13.0 Å². The number of hydrogen-bond donors (Lipinski definition) is 3. The van der Waals surface area contributed by atoms with Crippen molar-refractivity contribution < 1.29 is 14.3 Å². The first-order valence-electron chi connectivity index (χ1n) is 4.77. The summed E-state index contributed by atoms with van der Waals surface area (Å²) >= 11 is 0. The summed E-state index contributed by atoms with van der Waals surface area (Å²) in [5.74, 6) is -1.64. The Balaban J connectivity index is 2.77. The average Bonchev–Trinajstić information content (AvgIpc) is 2.54. The van der Waals surface area contributed by atoms with Crippen LogP contribution in [0.5, 0.6) is 0 Å². The van der Waals surface area contributed by atoms with Crippen molar-refractivity contribution in [1.29, 1.82) is 0 Å². The lowest BCUT2D eigenvalue weighted by Gasteiger charge is -2.06. The number of H-pyrrole nitrogens is 1. The zero-order chi connectivity index (χ0) is 11.9. The number of aromatic nitrogens is 1. The molecule has 0 saturated heterocycles. The molecule has 1 atom stereocenters. The van der Waals surface area contributed by atoms with Gasteiger partial charge in [-0.3, -0.25) is 4.79 Å². The molecule has 84 valence electrons. The summed E-state index contributed by atoms with van der Waals surface area (Å²) in [6, 6.07) is 3.31. The van der Waals surface area contributed by atoms with Crippen LogP contribution in [0, 0.1) is 12.7 Å². The van der Waals surface area contributed by atoms with Crippen molar-refractivity contribution in [3.8, 4) is 0 Å². The maximum Gasteiger partial charge on any atom is 0.325 e. The molecule has 0 aliphatic carbocycles. The second kappa shape index (κ2) is 3.61. The van der Waals surface area contributed by atoms with E-state index < -0.39 is 17.8 Å². The minimum Gasteiger partial charge on any atom is -0.480 e. The van der Waals surface area contributed by atoms with E-state index in [2.05, 4.69) is 4.98 Å². The molecular formula is C11H11FN2O2. The molecule has 0 aliphatic rings. The normalized spacial score (nSPS) is 12.9. The highest BCUT2D eigenvalue weighted by Gasteiger charge is 2.23. The summed E-state index contributed by atoms with van der Waals surface area (Å²) in [6.07, 6.45) is 0. The highest BCUT2D eigenvalue weighted by atomic mass is 19.1. The maximum absolute atomic E-state index is 13.6. The number of nitrogens with one attached hydrogen (secondary N) is 1. The molecule has 4 nitrogen and oxygen atoms in total. The Morgan fingerprint density at radius 1 is 1.56 bits per heavy atom. The molecule has 0 fully saturated rings. The van der Waals surface area contributed by atoms with Gasteiger partial charge in [-0.1, -0.05) is 6.07 Å². The van der Waals surface area contributed by atoms with Gasteiger partial charge in [0.05, 0.1) is 0 Å². The van der Waals surface area contributed by atoms with Crippen molar-refractivity contribution in [1.82, 2.24) is 4.98 Å². The van der Waals surface area contributed by atoms with E-state index in [1.807, 2.05) is 0 Å². The van der Waals surface area contributed by atoms with Crippen molar-refractivity contribution in [3.05, 3.63) is 35.3 Å². The molecular weight excluding hydrogens is 211 g/mol. The van der Waals surface area contributed by atoms with Gasteiger partial charge in [0, 0.05) is 22.2 Å². The Hall–Kier alpha value is -1.88. The van der Waals surface area contributed by atoms with Gasteiger partial charge in [0.15, 0.2) is 0 Å². The number of fused-ring (bicyclic) bond motifs is 1. The molecule has 0 aliphatic heterocycles. The predicted molar refractivity (Wildman–Crippen MR) is 57.6 cm³/mol. The third kappa shape index (κ3) is 1.45. The first-order valence-corrected chi connectivity index (χ1v) is 4.77. The Labute approximate surface area is 90.9 Å². The van der Waals surface area contributed by atoms with E-state index in [1.54, 1.807) is 19.1 Å². The summed E-state index contributed by atoms with van der Waals surface area (Å²) < 4.78 is 13.6. The van der Waals surface area contributed by atoms with Crippen LogP contribution < -0.4 is 5.73 Å². The second-order valence-corrected chi connectivity index (χ2v) is 3.64. The summed E-state index contributed by atoms with van der Waals surface area (Å²) in [7, 11) is 0. The van der Waals surface area contributed by atoms with Crippen molar-refractivity contribution >= 4 is 16.9 Å². The molecule has 16 heavy (non-hydrogen) atoms. The van der Waals surface area contributed by atoms with Crippen LogP contribution >= 0.6 is 0 Å². The lowest BCUT2D eigenvalue weighted by molar-refractivity contribution is -0.138. The molecule has 1 aromatic carbocycles. The van der Waals surface area contributed by atoms with Crippen LogP contribution in [-0.2, 0) is 4.79 Å². The Morgan fingerprint density at radius 3 is 2.88 bits per heavy atom. The van der Waals surface area contributed by atoms with E-state index in [4.69, 9.17) is 10.8 Å². The fraction of sp³-hybridized carbons (Fsp3) is 0.182. The molecule has 1 aromatic heterocycles. The molecule has 2 rings (SSSR count). The molecule has 0 radical (unpaired) electrons. The minimum atomic E-state index is -1.22. The van der Waals surface area contributed by atoms with Crippen LogP contribution in [0.1, 0.15) is 17.3 Å². The Kier molecular flexibility index (Phi) is 2.40. The number of carboxylic acids is 1. The number of nitrogens with two attached hydrogens (primary N) is 1. The fourth-order valence-electron chi connectivity index (χ4n) is 1.87. The van der Waals surface area contributed by atoms with Crippen LogP contribution in [0.3, 0.4) is 0 Å². The van der Waals surface area contributed by atoms with Gasteiger partial charge >= 0.3 is 5.97 Å². The molecule has 0 bridgehead atoms. The number of aromatic amines is 1. The third-order valence-corrected chi connectivity index (χ3v) is 2.59. The first kappa shape index (κ1) is 10.6. The van der Waals surface area contributed by atoms with Gasteiger partial charge in [0.25, 0.3) is 0 Å². The zero-order valence-corrected chi connectivity index (χ0v) is 8.62. The lowest BCUT2D eigenvalue weighted by Crippen LogP contribution is -2.21. The molecule has 1 heterocycles. The second-order valence-electron chi connectivity index (χ2n) is 3.64. The van der Waals surface area contributed by atoms with Crippen LogP contribution in [0.25, 0.3) is 10.9 Å². The molecule has 0 saturated carbocycles. The number of carbonyl (C=O) groups is 1. The monoisotopic (exact) mass is 222 g/mol. The topological polar surface area (TPSA) is 79.1 Å². The molecule has 4 N–H and O–H groups in total. The number of carboxylic acid groups (broad SMARTS) is 1. The van der Waals surface area contributed by atoms with E-state index in [-0.39, 0.29) is 5.39 Å². The highest BCUT2D eigenvalue weighted by molar-refractivity contribution is 5.90. The third-order valence-electron chi connectivity index (χ3n) is 2.59. The van der Waals surface area contributed by atoms with Gasteiger partial charge in [-0.05, 0) is 19.1 Å². The lowest BCUT2D eigenvalue weighted by atomic mass is 10.0. The minimum absolute atomic E-state index is 0.259. The van der Waals surface area contributed by atoms with Gasteiger partial charge in [-0.2, -0.15) is 0 Å². The average molecular weight is 222 g/mol. The quantitative estimate of drug-likeness (QED) is 0.723. The van der Waals surface area contributed by atoms with Gasteiger partial charge in [0.2, 0.25) is 0 Å². The number of benzene rings is 1. The van der Waals surface area contributed by atoms with Crippen LogP contribution in [0.15, 0.2) is 18.2 Å². The molecule has 0 amide bonds. The summed E-state index contributed by atoms with van der Waals surface area (Å²) in [5, 5.41) is 9.13. The Bertz CT molecular complexity index is 562. The predicted octanol–water partition coefficient (Wildman–Crippen LogP) is 1.70. The molecule has 2 aromatic rings. The molecule has 1 unspecified atom stereocenters. The van der Waals surface area contributed by atoms with Crippen molar-refractivity contribution in [2.24, 2.45) is 5.73 Å². The smallest absolute Gasteiger partial charge is 0.325 e.